The largest absolute Gasteiger partial charge is 0.491 e. The van der Waals surface area contributed by atoms with Gasteiger partial charge in [0.15, 0.2) is 0 Å². The maximum atomic E-state index is 13.0. The molecule has 1 aromatic carbocycles. The molecule has 3 aromatic rings. The number of aromatic nitrogens is 2. The van der Waals surface area contributed by atoms with E-state index in [-0.39, 0.29) is 11.8 Å². The molecule has 1 N–H and O–H groups in total. The topological polar surface area (TPSA) is 56.1 Å². The predicted octanol–water partition coefficient (Wildman–Crippen LogP) is 4.61. The van der Waals surface area contributed by atoms with E-state index in [9.17, 15) is 18.0 Å². The molecule has 152 valence electrons. The number of nitrogens with zero attached hydrogens (tertiary/aromatic N) is 2. The van der Waals surface area contributed by atoms with Gasteiger partial charge in [-0.1, -0.05) is 11.6 Å². The maximum Gasteiger partial charge on any atom is 0.491 e. The molecule has 0 spiro atoms. The zero-order valence-electron chi connectivity index (χ0n) is 15.2. The van der Waals surface area contributed by atoms with Crippen LogP contribution in [0.4, 0.5) is 13.2 Å². The molecule has 3 heterocycles. The van der Waals surface area contributed by atoms with E-state index in [1.807, 2.05) is 0 Å². The molecule has 9 heteroatoms. The van der Waals surface area contributed by atoms with E-state index in [0.29, 0.717) is 27.2 Å². The van der Waals surface area contributed by atoms with Crippen LogP contribution in [0.1, 0.15) is 24.3 Å². The van der Waals surface area contributed by atoms with Crippen molar-refractivity contribution in [2.24, 2.45) is 0 Å². The molecule has 0 bridgehead atoms. The fourth-order valence-corrected chi connectivity index (χ4v) is 3.86. The summed E-state index contributed by atoms with van der Waals surface area (Å²) < 4.78 is 45.6. The molecular weight excluding hydrogens is 407 g/mol. The first-order chi connectivity index (χ1) is 13.9. The monoisotopic (exact) mass is 423 g/mol. The molecule has 5 nitrogen and oxygen atoms in total. The number of hydrogen-bond acceptors (Lipinski definition) is 4. The minimum atomic E-state index is -5.11. The highest BCUT2D eigenvalue weighted by atomic mass is 35.5. The van der Waals surface area contributed by atoms with Gasteiger partial charge in [-0.15, -0.1) is 0 Å². The molecule has 1 aliphatic heterocycles. The molecule has 29 heavy (non-hydrogen) atoms. The highest BCUT2D eigenvalue weighted by Gasteiger charge is 2.43. The third kappa shape index (κ3) is 3.82. The van der Waals surface area contributed by atoms with Gasteiger partial charge in [0, 0.05) is 27.9 Å². The van der Waals surface area contributed by atoms with Crippen LogP contribution in [0.3, 0.4) is 0 Å². The van der Waals surface area contributed by atoms with Gasteiger partial charge in [-0.25, -0.2) is 4.79 Å². The van der Waals surface area contributed by atoms with Crippen molar-refractivity contribution in [3.8, 4) is 11.6 Å². The summed E-state index contributed by atoms with van der Waals surface area (Å²) in [6, 6.07) is 8.30. The van der Waals surface area contributed by atoms with Crippen molar-refractivity contribution in [2.45, 2.75) is 24.9 Å². The molecule has 4 rings (SSSR count). The van der Waals surface area contributed by atoms with E-state index in [2.05, 4.69) is 10.3 Å². The first kappa shape index (κ1) is 19.7. The van der Waals surface area contributed by atoms with Gasteiger partial charge in [-0.2, -0.15) is 13.2 Å². The lowest BCUT2D eigenvalue weighted by atomic mass is 9.90. The number of halogens is 4. The SMILES string of the molecule is O=C(Oc1c(C2CCNCC2)c2ccncc2n1-c1ccc(Cl)cc1)C(F)(F)F. The minimum Gasteiger partial charge on any atom is -0.402 e. The number of nitrogens with one attached hydrogen (secondary N) is 1. The quantitative estimate of drug-likeness (QED) is 0.625. The van der Waals surface area contributed by atoms with Gasteiger partial charge in [0.25, 0.3) is 0 Å². The standard InChI is InChI=1S/C20H17ClF3N3O2/c21-13-1-3-14(4-2-13)27-16-11-26-10-7-15(16)17(12-5-8-25-9-6-12)18(27)29-19(28)20(22,23)24/h1-4,7,10-12,25H,5-6,8-9H2. The molecule has 1 aliphatic rings. The Morgan fingerprint density at radius 1 is 1.17 bits per heavy atom. The smallest absolute Gasteiger partial charge is 0.402 e. The van der Waals surface area contributed by atoms with E-state index >= 15 is 0 Å². The summed E-state index contributed by atoms with van der Waals surface area (Å²) in [4.78, 5) is 15.9. The van der Waals surface area contributed by atoms with Crippen molar-refractivity contribution in [1.82, 2.24) is 14.9 Å². The summed E-state index contributed by atoms with van der Waals surface area (Å²) in [5.74, 6) is -2.42. The highest BCUT2D eigenvalue weighted by Crippen LogP contribution is 2.43. The third-order valence-electron chi connectivity index (χ3n) is 5.02. The average Bonchev–Trinajstić information content (AvgIpc) is 3.02. The number of piperidine rings is 1. The first-order valence-corrected chi connectivity index (χ1v) is 9.48. The molecular formula is C20H17ClF3N3O2. The van der Waals surface area contributed by atoms with E-state index in [1.54, 1.807) is 42.7 Å². The van der Waals surface area contributed by atoms with Gasteiger partial charge in [-0.05, 0) is 62.2 Å². The van der Waals surface area contributed by atoms with Gasteiger partial charge in [-0.3, -0.25) is 9.55 Å². The third-order valence-corrected chi connectivity index (χ3v) is 5.27. The lowest BCUT2D eigenvalue weighted by Crippen LogP contribution is -2.30. The van der Waals surface area contributed by atoms with Crippen molar-refractivity contribution < 1.29 is 22.7 Å². The van der Waals surface area contributed by atoms with E-state index in [1.165, 1.54) is 4.57 Å². The molecule has 1 fully saturated rings. The number of carbonyl (C=O) groups excluding carboxylic acids is 1. The predicted molar refractivity (Wildman–Crippen MR) is 103 cm³/mol. The number of alkyl halides is 3. The lowest BCUT2D eigenvalue weighted by molar-refractivity contribution is -0.190. The maximum absolute atomic E-state index is 13.0. The van der Waals surface area contributed by atoms with Crippen molar-refractivity contribution in [1.29, 1.82) is 0 Å². The van der Waals surface area contributed by atoms with Crippen molar-refractivity contribution >= 4 is 28.5 Å². The van der Waals surface area contributed by atoms with Crippen LogP contribution in [0.15, 0.2) is 42.7 Å². The van der Waals surface area contributed by atoms with Gasteiger partial charge in [0.2, 0.25) is 5.88 Å². The second-order valence-electron chi connectivity index (χ2n) is 6.84. The summed E-state index contributed by atoms with van der Waals surface area (Å²) in [5, 5.41) is 4.44. The van der Waals surface area contributed by atoms with Crippen LogP contribution in [0.5, 0.6) is 5.88 Å². The van der Waals surface area contributed by atoms with Crippen LogP contribution in [0.2, 0.25) is 5.02 Å². The zero-order chi connectivity index (χ0) is 20.6. The van der Waals surface area contributed by atoms with Gasteiger partial charge >= 0.3 is 12.1 Å². The Morgan fingerprint density at radius 2 is 1.86 bits per heavy atom. The molecule has 0 radical (unpaired) electrons. The van der Waals surface area contributed by atoms with Crippen LogP contribution < -0.4 is 10.1 Å². The van der Waals surface area contributed by atoms with Crippen LogP contribution >= 0.6 is 11.6 Å². The molecule has 0 amide bonds. The van der Waals surface area contributed by atoms with E-state index in [0.717, 1.165) is 25.9 Å². The minimum absolute atomic E-state index is 0.0502. The Labute approximate surface area is 169 Å². The summed E-state index contributed by atoms with van der Waals surface area (Å²) in [7, 11) is 0. The number of benzene rings is 1. The van der Waals surface area contributed by atoms with Gasteiger partial charge in [0.1, 0.15) is 0 Å². The number of esters is 1. The zero-order valence-corrected chi connectivity index (χ0v) is 15.9. The van der Waals surface area contributed by atoms with Crippen molar-refractivity contribution in [2.75, 3.05) is 13.1 Å². The van der Waals surface area contributed by atoms with Crippen LogP contribution in [-0.2, 0) is 4.79 Å². The molecule has 0 unspecified atom stereocenters. The Balaban J connectivity index is 1.97. The Hall–Kier alpha value is -2.58. The highest BCUT2D eigenvalue weighted by molar-refractivity contribution is 6.30. The van der Waals surface area contributed by atoms with Crippen LogP contribution in [0.25, 0.3) is 16.6 Å². The summed E-state index contributed by atoms with van der Waals surface area (Å²) in [6.45, 7) is 1.46. The van der Waals surface area contributed by atoms with Crippen molar-refractivity contribution in [3.05, 3.63) is 53.3 Å². The van der Waals surface area contributed by atoms with Crippen molar-refractivity contribution in [3.63, 3.8) is 0 Å². The number of rotatable bonds is 3. The molecule has 0 aliphatic carbocycles. The number of carbonyl (C=O) groups is 1. The van der Waals surface area contributed by atoms with Crippen LogP contribution in [0, 0.1) is 0 Å². The molecule has 2 aromatic heterocycles. The van der Waals surface area contributed by atoms with Gasteiger partial charge < -0.3 is 10.1 Å². The second kappa shape index (κ2) is 7.68. The Bertz CT molecular complexity index is 1040. The summed E-state index contributed by atoms with van der Waals surface area (Å²) in [6.07, 6.45) is -0.532. The molecule has 0 atom stereocenters. The van der Waals surface area contributed by atoms with E-state index < -0.39 is 12.1 Å². The lowest BCUT2D eigenvalue weighted by Gasteiger charge is -2.24. The fourth-order valence-electron chi connectivity index (χ4n) is 3.74. The number of ether oxygens (including phenoxy) is 1. The Kier molecular flexibility index (Phi) is 5.23. The molecule has 1 saturated heterocycles. The fraction of sp³-hybridized carbons (Fsp3) is 0.300. The molecule has 0 saturated carbocycles. The van der Waals surface area contributed by atoms with E-state index in [4.69, 9.17) is 16.3 Å². The first-order valence-electron chi connectivity index (χ1n) is 9.10. The average molecular weight is 424 g/mol. The van der Waals surface area contributed by atoms with Crippen LogP contribution in [-0.4, -0.2) is 34.8 Å². The van der Waals surface area contributed by atoms with Gasteiger partial charge in [0.05, 0.1) is 11.7 Å². The Morgan fingerprint density at radius 3 is 2.52 bits per heavy atom. The number of fused-ring (bicyclic) bond motifs is 1. The second-order valence-corrected chi connectivity index (χ2v) is 7.27. The summed E-state index contributed by atoms with van der Waals surface area (Å²) in [5.41, 5.74) is 1.68. The number of hydrogen-bond donors (Lipinski definition) is 1. The summed E-state index contributed by atoms with van der Waals surface area (Å²) >= 11 is 5.97. The normalized spacial score (nSPS) is 15.6. The number of pyridine rings is 1.